The van der Waals surface area contributed by atoms with E-state index in [1.54, 1.807) is 0 Å². The van der Waals surface area contributed by atoms with Gasteiger partial charge in [0.25, 0.3) is 0 Å². The maximum Gasteiger partial charge on any atom is 0.222 e. The van der Waals surface area contributed by atoms with Crippen LogP contribution in [0, 0.1) is 11.3 Å². The van der Waals surface area contributed by atoms with E-state index in [4.69, 9.17) is 5.26 Å². The molecule has 140 valence electrons. The molecule has 3 rings (SSSR count). The van der Waals surface area contributed by atoms with Crippen LogP contribution in [0.4, 0.5) is 0 Å². The van der Waals surface area contributed by atoms with Gasteiger partial charge in [0, 0.05) is 51.7 Å². The highest BCUT2D eigenvalue weighted by molar-refractivity contribution is 5.76. The summed E-state index contributed by atoms with van der Waals surface area (Å²) in [7, 11) is 2.18. The smallest absolute Gasteiger partial charge is 0.222 e. The lowest BCUT2D eigenvalue weighted by Crippen LogP contribution is -2.52. The fourth-order valence-corrected chi connectivity index (χ4v) is 3.99. The van der Waals surface area contributed by atoms with Gasteiger partial charge in [-0.25, -0.2) is 0 Å². The van der Waals surface area contributed by atoms with Crippen LogP contribution in [-0.4, -0.2) is 73.0 Å². The van der Waals surface area contributed by atoms with Crippen molar-refractivity contribution in [3.05, 3.63) is 35.4 Å². The molecule has 1 amide bonds. The predicted octanol–water partition coefficient (Wildman–Crippen LogP) is 2.12. The van der Waals surface area contributed by atoms with Crippen molar-refractivity contribution in [3.8, 4) is 6.07 Å². The Kier molecular flexibility index (Phi) is 6.65. The van der Waals surface area contributed by atoms with E-state index in [9.17, 15) is 4.79 Å². The molecule has 1 unspecified atom stereocenters. The summed E-state index contributed by atoms with van der Waals surface area (Å²) in [6.45, 7) is 6.28. The molecule has 0 spiro atoms. The first-order valence-electron chi connectivity index (χ1n) is 9.85. The highest BCUT2D eigenvalue weighted by atomic mass is 16.2. The minimum atomic E-state index is 0.274. The van der Waals surface area contributed by atoms with Crippen molar-refractivity contribution in [3.63, 3.8) is 0 Å². The van der Waals surface area contributed by atoms with Crippen molar-refractivity contribution in [2.24, 2.45) is 0 Å². The van der Waals surface area contributed by atoms with Crippen LogP contribution in [0.2, 0.25) is 0 Å². The van der Waals surface area contributed by atoms with Crippen molar-refractivity contribution >= 4 is 5.91 Å². The lowest BCUT2D eigenvalue weighted by molar-refractivity contribution is -0.131. The van der Waals surface area contributed by atoms with Gasteiger partial charge in [-0.1, -0.05) is 18.6 Å². The van der Waals surface area contributed by atoms with Crippen LogP contribution < -0.4 is 0 Å². The van der Waals surface area contributed by atoms with E-state index in [2.05, 4.69) is 27.8 Å². The van der Waals surface area contributed by atoms with Crippen LogP contribution in [0.25, 0.3) is 0 Å². The van der Waals surface area contributed by atoms with E-state index in [0.29, 0.717) is 18.0 Å². The number of hydrogen-bond donors (Lipinski definition) is 0. The van der Waals surface area contributed by atoms with Crippen LogP contribution in [0.5, 0.6) is 0 Å². The van der Waals surface area contributed by atoms with Crippen molar-refractivity contribution in [2.75, 3.05) is 46.3 Å². The first-order chi connectivity index (χ1) is 12.7. The summed E-state index contributed by atoms with van der Waals surface area (Å²) in [5.74, 6) is 0.274. The molecule has 26 heavy (non-hydrogen) atoms. The summed E-state index contributed by atoms with van der Waals surface area (Å²) in [6.07, 6.45) is 4.86. The number of carbonyl (C=O) groups is 1. The molecule has 5 heteroatoms. The van der Waals surface area contributed by atoms with E-state index < -0.39 is 0 Å². The minimum Gasteiger partial charge on any atom is -0.341 e. The van der Waals surface area contributed by atoms with Crippen molar-refractivity contribution in [2.45, 2.75) is 38.1 Å². The second-order valence-electron chi connectivity index (χ2n) is 7.64. The molecule has 0 radical (unpaired) electrons. The molecule has 1 atom stereocenters. The number of piperazine rings is 1. The Morgan fingerprint density at radius 2 is 1.85 bits per heavy atom. The van der Waals surface area contributed by atoms with E-state index >= 15 is 0 Å². The zero-order chi connectivity index (χ0) is 18.4. The summed E-state index contributed by atoms with van der Waals surface area (Å²) in [5, 5.41) is 8.87. The highest BCUT2D eigenvalue weighted by Gasteiger charge is 2.27. The predicted molar refractivity (Wildman–Crippen MR) is 103 cm³/mol. The van der Waals surface area contributed by atoms with Gasteiger partial charge in [-0.15, -0.1) is 0 Å². The Bertz CT molecular complexity index is 628. The van der Waals surface area contributed by atoms with Gasteiger partial charge < -0.3 is 9.80 Å². The third-order valence-corrected chi connectivity index (χ3v) is 5.76. The number of benzene rings is 1. The summed E-state index contributed by atoms with van der Waals surface area (Å²) >= 11 is 0. The second kappa shape index (κ2) is 9.16. The molecular weight excluding hydrogens is 324 g/mol. The lowest BCUT2D eigenvalue weighted by atomic mass is 10.1. The van der Waals surface area contributed by atoms with Crippen molar-refractivity contribution in [1.29, 1.82) is 5.26 Å². The van der Waals surface area contributed by atoms with Crippen LogP contribution in [0.3, 0.4) is 0 Å². The molecule has 1 aromatic carbocycles. The average Bonchev–Trinajstić information content (AvgIpc) is 2.93. The van der Waals surface area contributed by atoms with E-state index in [0.717, 1.165) is 57.7 Å². The quantitative estimate of drug-likeness (QED) is 0.831. The van der Waals surface area contributed by atoms with Gasteiger partial charge in [-0.05, 0) is 44.0 Å². The Balaban J connectivity index is 1.52. The van der Waals surface area contributed by atoms with Gasteiger partial charge in [-0.3, -0.25) is 9.69 Å². The van der Waals surface area contributed by atoms with Gasteiger partial charge >= 0.3 is 0 Å². The maximum atomic E-state index is 12.8. The molecule has 2 aliphatic rings. The van der Waals surface area contributed by atoms with Gasteiger partial charge in [0.1, 0.15) is 0 Å². The molecule has 0 aliphatic carbocycles. The van der Waals surface area contributed by atoms with Crippen LogP contribution in [0.1, 0.15) is 36.8 Å². The summed E-state index contributed by atoms with van der Waals surface area (Å²) in [5.41, 5.74) is 1.80. The molecule has 0 saturated carbocycles. The topological polar surface area (TPSA) is 50.6 Å². The lowest BCUT2D eigenvalue weighted by Gasteiger charge is -2.39. The number of rotatable bonds is 4. The number of hydrogen-bond acceptors (Lipinski definition) is 4. The summed E-state index contributed by atoms with van der Waals surface area (Å²) in [4.78, 5) is 19.8. The third kappa shape index (κ3) is 5.06. The first-order valence-corrected chi connectivity index (χ1v) is 9.85. The monoisotopic (exact) mass is 354 g/mol. The van der Waals surface area contributed by atoms with Crippen LogP contribution in [-0.2, 0) is 11.2 Å². The fraction of sp³-hybridized carbons (Fsp3) is 0.619. The number of likely N-dealkylation sites (N-methyl/N-ethyl adjacent to an activating group) is 1. The Hall–Kier alpha value is -1.90. The molecule has 0 bridgehead atoms. The zero-order valence-corrected chi connectivity index (χ0v) is 15.9. The normalized spacial score (nSPS) is 22.6. The standard InChI is InChI=1S/C21H30N4O/c1-23-12-14-24(15-13-23)20-4-2-3-11-25(17-20)21(26)10-9-18-5-7-19(16-22)8-6-18/h5-8,20H,2-4,9-15,17H2,1H3. The summed E-state index contributed by atoms with van der Waals surface area (Å²) in [6, 6.07) is 10.2. The first kappa shape index (κ1) is 18.9. The van der Waals surface area contributed by atoms with Crippen molar-refractivity contribution < 1.29 is 4.79 Å². The van der Waals surface area contributed by atoms with E-state index in [-0.39, 0.29) is 5.91 Å². The molecular formula is C21H30N4O. The molecule has 1 aromatic rings. The Morgan fingerprint density at radius 1 is 1.12 bits per heavy atom. The SMILES string of the molecule is CN1CCN(C2CCCCN(C(=O)CCc3ccc(C#N)cc3)C2)CC1. The minimum absolute atomic E-state index is 0.274. The average molecular weight is 354 g/mol. The van der Waals surface area contributed by atoms with Gasteiger partial charge in [-0.2, -0.15) is 5.26 Å². The third-order valence-electron chi connectivity index (χ3n) is 5.76. The van der Waals surface area contributed by atoms with Crippen LogP contribution >= 0.6 is 0 Å². The molecule has 2 heterocycles. The largest absolute Gasteiger partial charge is 0.341 e. The molecule has 0 aromatic heterocycles. The Morgan fingerprint density at radius 3 is 2.54 bits per heavy atom. The number of likely N-dealkylation sites (tertiary alicyclic amines) is 1. The fourth-order valence-electron chi connectivity index (χ4n) is 3.99. The molecule has 2 aliphatic heterocycles. The van der Waals surface area contributed by atoms with Gasteiger partial charge in [0.2, 0.25) is 5.91 Å². The molecule has 0 N–H and O–H groups in total. The number of carbonyl (C=O) groups excluding carboxylic acids is 1. The molecule has 2 saturated heterocycles. The zero-order valence-electron chi connectivity index (χ0n) is 15.9. The summed E-state index contributed by atoms with van der Waals surface area (Å²) < 4.78 is 0. The molecule has 2 fully saturated rings. The van der Waals surface area contributed by atoms with Crippen LogP contribution in [0.15, 0.2) is 24.3 Å². The van der Waals surface area contributed by atoms with Gasteiger partial charge in [0.05, 0.1) is 11.6 Å². The highest BCUT2D eigenvalue weighted by Crippen LogP contribution is 2.19. The Labute approximate surface area is 157 Å². The van der Waals surface area contributed by atoms with E-state index in [1.165, 1.54) is 12.8 Å². The maximum absolute atomic E-state index is 12.8. The van der Waals surface area contributed by atoms with Gasteiger partial charge in [0.15, 0.2) is 0 Å². The second-order valence-corrected chi connectivity index (χ2v) is 7.64. The van der Waals surface area contributed by atoms with Crippen molar-refractivity contribution in [1.82, 2.24) is 14.7 Å². The number of nitrogens with zero attached hydrogens (tertiary/aromatic N) is 4. The number of aryl methyl sites for hydroxylation is 1. The number of amides is 1. The molecule has 5 nitrogen and oxygen atoms in total. The van der Waals surface area contributed by atoms with E-state index in [1.807, 2.05) is 24.3 Å². The number of nitriles is 1.